The quantitative estimate of drug-likeness (QED) is 0.369. The summed E-state index contributed by atoms with van der Waals surface area (Å²) >= 11 is 7.77. The molecule has 3 saturated heterocycles. The molecule has 3 aromatic rings. The fourth-order valence-electron chi connectivity index (χ4n) is 5.74. The molecule has 6 rings (SSSR count). The number of aliphatic hydroxyl groups excluding tert-OH is 1. The normalized spacial score (nSPS) is 21.8. The molecule has 3 aliphatic rings. The summed E-state index contributed by atoms with van der Waals surface area (Å²) in [6, 6.07) is 9.44. The molecule has 1 amide bonds. The number of anilines is 3. The summed E-state index contributed by atoms with van der Waals surface area (Å²) in [6.45, 7) is 5.06. The van der Waals surface area contributed by atoms with Gasteiger partial charge in [0.1, 0.15) is 11.6 Å². The Morgan fingerprint density at radius 2 is 2.03 bits per heavy atom. The van der Waals surface area contributed by atoms with Crippen LogP contribution in [0.1, 0.15) is 47.8 Å². The van der Waals surface area contributed by atoms with Crippen LogP contribution in [0.5, 0.6) is 0 Å². The summed E-state index contributed by atoms with van der Waals surface area (Å²) in [7, 11) is 0. The number of halogens is 1. The first kappa shape index (κ1) is 26.5. The van der Waals surface area contributed by atoms with E-state index in [2.05, 4.69) is 25.9 Å². The highest BCUT2D eigenvalue weighted by molar-refractivity contribution is 7.99. The van der Waals surface area contributed by atoms with E-state index in [4.69, 9.17) is 21.7 Å². The smallest absolute Gasteiger partial charge is 0.256 e. The molecule has 3 N–H and O–H groups in total. The first-order chi connectivity index (χ1) is 19.1. The van der Waals surface area contributed by atoms with Gasteiger partial charge in [0, 0.05) is 68.7 Å². The van der Waals surface area contributed by atoms with E-state index >= 15 is 0 Å². The first-order valence-corrected chi connectivity index (χ1v) is 15.3. The van der Waals surface area contributed by atoms with Gasteiger partial charge in [-0.3, -0.25) is 4.79 Å². The number of nitrogens with zero attached hydrogens (tertiary/aromatic N) is 6. The summed E-state index contributed by atoms with van der Waals surface area (Å²) in [4.78, 5) is 25.4. The molecule has 0 radical (unpaired) electrons. The van der Waals surface area contributed by atoms with Crippen LogP contribution in [0.4, 0.5) is 17.3 Å². The number of carbonyl (C=O) groups excluding carboxylic acids is 1. The van der Waals surface area contributed by atoms with Crippen molar-refractivity contribution in [2.45, 2.75) is 37.8 Å². The zero-order chi connectivity index (χ0) is 26.9. The summed E-state index contributed by atoms with van der Waals surface area (Å²) in [6.07, 6.45) is 5.93. The van der Waals surface area contributed by atoms with Crippen molar-refractivity contribution in [3.8, 4) is 0 Å². The molecule has 0 bridgehead atoms. The summed E-state index contributed by atoms with van der Waals surface area (Å²) < 4.78 is 5.15. The van der Waals surface area contributed by atoms with Crippen LogP contribution in [0.2, 0.25) is 5.02 Å². The number of piperazine rings is 1. The summed E-state index contributed by atoms with van der Waals surface area (Å²) in [5.41, 5.74) is 2.97. The first-order valence-electron chi connectivity index (χ1n) is 13.7. The molecule has 208 valence electrons. The van der Waals surface area contributed by atoms with Gasteiger partial charge in [-0.2, -0.15) is 9.61 Å². The average Bonchev–Trinajstić information content (AvgIpc) is 3.36. The van der Waals surface area contributed by atoms with Gasteiger partial charge in [-0.05, 0) is 43.9 Å². The number of hydrogen-bond donors (Lipinski definition) is 3. The Morgan fingerprint density at radius 1 is 1.15 bits per heavy atom. The zero-order valence-corrected chi connectivity index (χ0v) is 23.7. The van der Waals surface area contributed by atoms with Gasteiger partial charge in [0.05, 0.1) is 29.6 Å². The van der Waals surface area contributed by atoms with Crippen molar-refractivity contribution in [3.05, 3.63) is 46.6 Å². The van der Waals surface area contributed by atoms with Gasteiger partial charge in [0.15, 0.2) is 5.65 Å². The number of piperidine rings is 1. The molecule has 3 aliphatic heterocycles. The molecule has 2 unspecified atom stereocenters. The molecule has 0 aliphatic carbocycles. The van der Waals surface area contributed by atoms with Gasteiger partial charge < -0.3 is 29.8 Å². The molecular weight excluding hydrogens is 536 g/mol. The highest BCUT2D eigenvalue weighted by Gasteiger charge is 2.33. The molecule has 3 fully saturated rings. The number of benzene rings is 1. The standard InChI is InChI=1S/C27H35ClN8O2S/c1-39-32-21-7-6-18(28)13-20(21)27(38)35-11-3-2-5-23(35)22-14-25-30-24(33-9-4-10-33)15-26(36(25)31-22)34-12-8-29-19(16-34)17-37/h6-7,13-15,19,23,29,32,37H,2-5,8-12,16-17H2,1H3. The molecule has 2 aromatic heterocycles. The van der Waals surface area contributed by atoms with Gasteiger partial charge in [-0.1, -0.05) is 23.5 Å². The second-order valence-corrected chi connectivity index (χ2v) is 11.5. The van der Waals surface area contributed by atoms with Crippen LogP contribution in [0.15, 0.2) is 30.3 Å². The molecule has 1 aromatic carbocycles. The Hall–Kier alpha value is -2.73. The summed E-state index contributed by atoms with van der Waals surface area (Å²) in [5.74, 6) is 1.89. The fourth-order valence-corrected chi connectivity index (χ4v) is 6.31. The van der Waals surface area contributed by atoms with E-state index in [1.165, 1.54) is 18.4 Å². The maximum atomic E-state index is 13.9. The van der Waals surface area contributed by atoms with Crippen molar-refractivity contribution in [2.24, 2.45) is 0 Å². The number of aliphatic hydroxyl groups is 1. The van der Waals surface area contributed by atoms with E-state index in [0.717, 1.165) is 74.1 Å². The Morgan fingerprint density at radius 3 is 2.79 bits per heavy atom. The third-order valence-electron chi connectivity index (χ3n) is 7.92. The second-order valence-electron chi connectivity index (χ2n) is 10.4. The van der Waals surface area contributed by atoms with Gasteiger partial charge in [-0.15, -0.1) is 0 Å². The van der Waals surface area contributed by atoms with Crippen molar-refractivity contribution in [1.29, 1.82) is 0 Å². The number of rotatable bonds is 7. The van der Waals surface area contributed by atoms with Gasteiger partial charge in [0.25, 0.3) is 5.91 Å². The van der Waals surface area contributed by atoms with Crippen LogP contribution < -0.4 is 19.8 Å². The number of amides is 1. The minimum Gasteiger partial charge on any atom is -0.395 e. The van der Waals surface area contributed by atoms with E-state index < -0.39 is 0 Å². The number of hydrogen-bond acceptors (Lipinski definition) is 9. The molecule has 10 nitrogen and oxygen atoms in total. The Kier molecular flexibility index (Phi) is 7.75. The number of likely N-dealkylation sites (tertiary alicyclic amines) is 1. The zero-order valence-electron chi connectivity index (χ0n) is 22.1. The number of nitrogens with one attached hydrogen (secondary N) is 2. The summed E-state index contributed by atoms with van der Waals surface area (Å²) in [5, 5.41) is 18.8. The largest absolute Gasteiger partial charge is 0.395 e. The van der Waals surface area contributed by atoms with Crippen molar-refractivity contribution in [2.75, 3.05) is 66.7 Å². The topological polar surface area (TPSA) is 101 Å². The molecule has 12 heteroatoms. The number of fused-ring (bicyclic) bond motifs is 1. The van der Waals surface area contributed by atoms with E-state index in [-0.39, 0.29) is 24.6 Å². The molecular formula is C27H35ClN8O2S. The number of aromatic nitrogens is 3. The second kappa shape index (κ2) is 11.4. The van der Waals surface area contributed by atoms with Crippen LogP contribution in [-0.4, -0.2) is 88.7 Å². The molecule has 5 heterocycles. The maximum absolute atomic E-state index is 13.9. The monoisotopic (exact) mass is 570 g/mol. The predicted octanol–water partition coefficient (Wildman–Crippen LogP) is 3.42. The van der Waals surface area contributed by atoms with Gasteiger partial charge in [0.2, 0.25) is 0 Å². The fraction of sp³-hybridized carbons (Fsp3) is 0.519. The van der Waals surface area contributed by atoms with Crippen LogP contribution in [0.25, 0.3) is 5.65 Å². The van der Waals surface area contributed by atoms with E-state index in [1.54, 1.807) is 12.1 Å². The van der Waals surface area contributed by atoms with E-state index in [0.29, 0.717) is 23.7 Å². The van der Waals surface area contributed by atoms with Crippen molar-refractivity contribution in [1.82, 2.24) is 24.8 Å². The third-order valence-corrected chi connectivity index (χ3v) is 8.58. The Balaban J connectivity index is 1.38. The average molecular weight is 571 g/mol. The molecule has 39 heavy (non-hydrogen) atoms. The Labute approximate surface area is 237 Å². The van der Waals surface area contributed by atoms with E-state index in [1.807, 2.05) is 27.8 Å². The highest BCUT2D eigenvalue weighted by Crippen LogP contribution is 2.35. The molecule has 0 saturated carbocycles. The van der Waals surface area contributed by atoms with Crippen LogP contribution in [0, 0.1) is 0 Å². The molecule has 0 spiro atoms. The Bertz CT molecular complexity index is 1350. The van der Waals surface area contributed by atoms with Crippen molar-refractivity contribution < 1.29 is 9.90 Å². The number of carbonyl (C=O) groups is 1. The lowest BCUT2D eigenvalue weighted by Crippen LogP contribution is -2.53. The molecule has 2 atom stereocenters. The SMILES string of the molecule is CSNc1ccc(Cl)cc1C(=O)N1CCCCC1c1cc2nc(N3CCC3)cc(N3CCNC(CO)C3)n2n1. The highest BCUT2D eigenvalue weighted by atomic mass is 35.5. The lowest BCUT2D eigenvalue weighted by atomic mass is 9.98. The lowest BCUT2D eigenvalue weighted by molar-refractivity contribution is 0.0607. The van der Waals surface area contributed by atoms with E-state index in [9.17, 15) is 9.90 Å². The van der Waals surface area contributed by atoms with Crippen LogP contribution in [0.3, 0.4) is 0 Å². The maximum Gasteiger partial charge on any atom is 0.256 e. The van der Waals surface area contributed by atoms with Crippen molar-refractivity contribution in [3.63, 3.8) is 0 Å². The lowest BCUT2D eigenvalue weighted by Gasteiger charge is -2.36. The van der Waals surface area contributed by atoms with Crippen LogP contribution >= 0.6 is 23.5 Å². The minimum absolute atomic E-state index is 0.0118. The predicted molar refractivity (Wildman–Crippen MR) is 157 cm³/mol. The van der Waals surface area contributed by atoms with Crippen LogP contribution in [-0.2, 0) is 0 Å². The minimum atomic E-state index is -0.150. The third kappa shape index (κ3) is 5.25. The van der Waals surface area contributed by atoms with Crippen molar-refractivity contribution >= 4 is 52.4 Å². The van der Waals surface area contributed by atoms with Gasteiger partial charge >= 0.3 is 0 Å². The van der Waals surface area contributed by atoms with Gasteiger partial charge in [-0.25, -0.2) is 4.98 Å².